The molecule has 0 fully saturated rings. The maximum Gasteiger partial charge on any atom is 0.245 e. The summed E-state index contributed by atoms with van der Waals surface area (Å²) in [6.45, 7) is 4.96. The van der Waals surface area contributed by atoms with Crippen LogP contribution in [0.4, 0.5) is 14.6 Å². The van der Waals surface area contributed by atoms with E-state index in [1.54, 1.807) is 16.8 Å². The molecule has 5 nitrogen and oxygen atoms in total. The molecule has 0 amide bonds. The molecule has 2 aromatic heterocycles. The third kappa shape index (κ3) is 3.46. The van der Waals surface area contributed by atoms with Crippen molar-refractivity contribution in [1.29, 1.82) is 0 Å². The molecule has 116 valence electrons. The van der Waals surface area contributed by atoms with E-state index in [4.69, 9.17) is 5.73 Å². The van der Waals surface area contributed by atoms with Gasteiger partial charge in [-0.3, -0.25) is 4.40 Å². The zero-order chi connectivity index (χ0) is 15.6. The quantitative estimate of drug-likeness (QED) is 0.888. The molecule has 2 heterocycles. The summed E-state index contributed by atoms with van der Waals surface area (Å²) >= 11 is 0. The molecular formula is C14H21F2N5. The highest BCUT2D eigenvalue weighted by molar-refractivity contribution is 5.58. The molecule has 0 bridgehead atoms. The van der Waals surface area contributed by atoms with Crippen LogP contribution < -0.4 is 5.73 Å². The van der Waals surface area contributed by atoms with E-state index in [0.29, 0.717) is 17.9 Å². The molecular weight excluding hydrogens is 276 g/mol. The number of nitrogens with two attached hydrogens (primary N) is 1. The Morgan fingerprint density at radius 3 is 2.71 bits per heavy atom. The molecule has 2 aromatic rings. The first-order valence-corrected chi connectivity index (χ1v) is 7.16. The largest absolute Gasteiger partial charge is 0.381 e. The molecule has 2 atom stereocenters. The Morgan fingerprint density at radius 2 is 2.10 bits per heavy atom. The summed E-state index contributed by atoms with van der Waals surface area (Å²) < 4.78 is 27.9. The molecule has 7 heteroatoms. The lowest BCUT2D eigenvalue weighted by Crippen LogP contribution is -2.17. The van der Waals surface area contributed by atoms with Gasteiger partial charge in [-0.1, -0.05) is 13.8 Å². The van der Waals surface area contributed by atoms with Crippen molar-refractivity contribution in [2.24, 2.45) is 5.92 Å². The molecule has 2 N–H and O–H groups in total. The van der Waals surface area contributed by atoms with Gasteiger partial charge in [0.2, 0.25) is 11.6 Å². The molecule has 0 spiro atoms. The lowest BCUT2D eigenvalue weighted by Gasteiger charge is -2.22. The third-order valence-electron chi connectivity index (χ3n) is 3.88. The summed E-state index contributed by atoms with van der Waals surface area (Å²) in [7, 11) is 0. The van der Waals surface area contributed by atoms with E-state index in [9.17, 15) is 8.78 Å². The monoisotopic (exact) mass is 297 g/mol. The van der Waals surface area contributed by atoms with Crippen LogP contribution in [0, 0.1) is 5.92 Å². The van der Waals surface area contributed by atoms with Crippen LogP contribution in [-0.4, -0.2) is 25.5 Å². The van der Waals surface area contributed by atoms with E-state index in [-0.39, 0.29) is 18.3 Å². The number of hydrogen-bond acceptors (Lipinski definition) is 4. The van der Waals surface area contributed by atoms with Crippen molar-refractivity contribution in [2.75, 3.05) is 5.73 Å². The van der Waals surface area contributed by atoms with E-state index < -0.39 is 5.92 Å². The Bertz CT molecular complexity index is 605. The first kappa shape index (κ1) is 15.6. The number of aromatic nitrogens is 4. The molecule has 0 saturated carbocycles. The maximum absolute atomic E-state index is 13.0. The lowest BCUT2D eigenvalue weighted by molar-refractivity contribution is 0.00607. The topological polar surface area (TPSA) is 69.1 Å². The van der Waals surface area contributed by atoms with Crippen LogP contribution in [0.5, 0.6) is 0 Å². The predicted octanol–water partition coefficient (Wildman–Crippen LogP) is 3.27. The number of fused-ring (bicyclic) bond motifs is 1. The van der Waals surface area contributed by atoms with Crippen LogP contribution in [0.2, 0.25) is 0 Å². The number of rotatable bonds is 6. The van der Waals surface area contributed by atoms with E-state index >= 15 is 0 Å². The second-order valence-corrected chi connectivity index (χ2v) is 5.67. The molecule has 0 aliphatic carbocycles. The molecule has 0 radical (unpaired) electrons. The second kappa shape index (κ2) is 5.91. The highest BCUT2D eigenvalue weighted by Crippen LogP contribution is 2.33. The van der Waals surface area contributed by atoms with Crippen molar-refractivity contribution in [3.05, 3.63) is 18.2 Å². The third-order valence-corrected chi connectivity index (χ3v) is 3.88. The van der Waals surface area contributed by atoms with Gasteiger partial charge in [0, 0.05) is 24.7 Å². The Kier molecular flexibility index (Phi) is 4.39. The summed E-state index contributed by atoms with van der Waals surface area (Å²) in [6, 6.07) is 0. The van der Waals surface area contributed by atoms with Crippen LogP contribution in [0.3, 0.4) is 0 Å². The number of hydrogen-bond donors (Lipinski definition) is 1. The summed E-state index contributed by atoms with van der Waals surface area (Å²) in [5.41, 5.74) is 6.28. The van der Waals surface area contributed by atoms with Crippen molar-refractivity contribution in [3.8, 4) is 0 Å². The van der Waals surface area contributed by atoms with Crippen LogP contribution in [0.1, 0.15) is 51.8 Å². The molecule has 0 saturated heterocycles. The fraction of sp³-hybridized carbons (Fsp3) is 0.643. The van der Waals surface area contributed by atoms with Crippen molar-refractivity contribution >= 4 is 11.5 Å². The smallest absolute Gasteiger partial charge is 0.245 e. The van der Waals surface area contributed by atoms with Gasteiger partial charge in [-0.15, -0.1) is 10.2 Å². The molecule has 0 aromatic carbocycles. The van der Waals surface area contributed by atoms with Crippen molar-refractivity contribution < 1.29 is 8.78 Å². The number of alkyl halides is 2. The first-order chi connectivity index (χ1) is 9.83. The standard InChI is InChI=1S/C14H21F2N5/c1-4-10(9(2)5-6-14(3,15)16)12-19-20-13-11(17)18-7-8-21(12)13/h7-10H,4-6H2,1-3H3,(H2,17,18). The van der Waals surface area contributed by atoms with Gasteiger partial charge in [0.25, 0.3) is 0 Å². The van der Waals surface area contributed by atoms with Crippen molar-refractivity contribution in [2.45, 2.75) is 51.9 Å². The van der Waals surface area contributed by atoms with Gasteiger partial charge in [-0.25, -0.2) is 13.8 Å². The summed E-state index contributed by atoms with van der Waals surface area (Å²) in [4.78, 5) is 3.97. The lowest BCUT2D eigenvalue weighted by atomic mass is 9.86. The van der Waals surface area contributed by atoms with Gasteiger partial charge in [-0.05, 0) is 25.7 Å². The maximum atomic E-state index is 13.0. The van der Waals surface area contributed by atoms with Gasteiger partial charge in [0.15, 0.2) is 5.82 Å². The minimum atomic E-state index is -2.63. The van der Waals surface area contributed by atoms with Crippen LogP contribution in [0.25, 0.3) is 5.65 Å². The number of halogens is 2. The molecule has 0 aliphatic heterocycles. The van der Waals surface area contributed by atoms with Crippen molar-refractivity contribution in [3.63, 3.8) is 0 Å². The fourth-order valence-electron chi connectivity index (χ4n) is 2.64. The van der Waals surface area contributed by atoms with Crippen LogP contribution in [0.15, 0.2) is 12.4 Å². The van der Waals surface area contributed by atoms with Crippen LogP contribution in [-0.2, 0) is 0 Å². The normalized spacial score (nSPS) is 15.3. The summed E-state index contributed by atoms with van der Waals surface area (Å²) in [6.07, 6.45) is 4.47. The Balaban J connectivity index is 2.25. The minimum Gasteiger partial charge on any atom is -0.381 e. The number of nitrogen functional groups attached to an aromatic ring is 1. The summed E-state index contributed by atoms with van der Waals surface area (Å²) in [5.74, 6) is -1.41. The zero-order valence-corrected chi connectivity index (χ0v) is 12.6. The molecule has 0 aliphatic rings. The number of anilines is 1. The van der Waals surface area contributed by atoms with Gasteiger partial charge in [0.05, 0.1) is 0 Å². The number of nitrogens with zero attached hydrogens (tertiary/aromatic N) is 4. The zero-order valence-electron chi connectivity index (χ0n) is 12.6. The fourth-order valence-corrected chi connectivity index (χ4v) is 2.64. The molecule has 2 unspecified atom stereocenters. The molecule has 2 rings (SSSR count). The minimum absolute atomic E-state index is 0.0594. The Hall–Kier alpha value is -1.79. The van der Waals surface area contributed by atoms with E-state index in [0.717, 1.165) is 19.2 Å². The average Bonchev–Trinajstić information content (AvgIpc) is 2.82. The SMILES string of the molecule is CCC(c1nnc2c(N)nccn12)C(C)CCC(C)(F)F. The van der Waals surface area contributed by atoms with Crippen molar-refractivity contribution in [1.82, 2.24) is 19.6 Å². The van der Waals surface area contributed by atoms with Gasteiger partial charge in [0.1, 0.15) is 5.82 Å². The Morgan fingerprint density at radius 1 is 1.38 bits per heavy atom. The second-order valence-electron chi connectivity index (χ2n) is 5.67. The van der Waals surface area contributed by atoms with Crippen LogP contribution >= 0.6 is 0 Å². The van der Waals surface area contributed by atoms with Gasteiger partial charge in [-0.2, -0.15) is 0 Å². The Labute approximate surface area is 122 Å². The van der Waals surface area contributed by atoms with Gasteiger partial charge >= 0.3 is 0 Å². The first-order valence-electron chi connectivity index (χ1n) is 7.16. The summed E-state index contributed by atoms with van der Waals surface area (Å²) in [5, 5.41) is 8.25. The van der Waals surface area contributed by atoms with E-state index in [2.05, 4.69) is 15.2 Å². The van der Waals surface area contributed by atoms with E-state index in [1.807, 2.05) is 13.8 Å². The highest BCUT2D eigenvalue weighted by Gasteiger charge is 2.27. The predicted molar refractivity (Wildman–Crippen MR) is 77.2 cm³/mol. The molecule has 21 heavy (non-hydrogen) atoms. The average molecular weight is 297 g/mol. The highest BCUT2D eigenvalue weighted by atomic mass is 19.3. The van der Waals surface area contributed by atoms with E-state index in [1.165, 1.54) is 0 Å². The van der Waals surface area contributed by atoms with Gasteiger partial charge < -0.3 is 5.73 Å².